The molecule has 0 aliphatic carbocycles. The van der Waals surface area contributed by atoms with Gasteiger partial charge in [0.15, 0.2) is 0 Å². The Morgan fingerprint density at radius 1 is 0.774 bits per heavy atom. The van der Waals surface area contributed by atoms with Crippen molar-refractivity contribution in [2.24, 2.45) is 23.2 Å². The molecule has 0 amide bonds. The summed E-state index contributed by atoms with van der Waals surface area (Å²) < 4.78 is 0. The van der Waals surface area contributed by atoms with E-state index in [0.29, 0.717) is 5.41 Å². The van der Waals surface area contributed by atoms with Crippen LogP contribution in [-0.4, -0.2) is 73.6 Å². The molecule has 2 atom stereocenters. The fraction of sp³-hybridized carbons (Fsp3) is 1.00. The molecule has 0 spiro atoms. The van der Waals surface area contributed by atoms with Gasteiger partial charge in [-0.3, -0.25) is 4.90 Å². The number of nitrogens with zero attached hydrogens (tertiary/aromatic N) is 3. The molecule has 3 aliphatic rings. The Balaban J connectivity index is 1.38. The highest BCUT2D eigenvalue weighted by Crippen LogP contribution is 2.34. The van der Waals surface area contributed by atoms with E-state index in [4.69, 9.17) is 0 Å². The minimum Gasteiger partial charge on any atom is -0.306 e. The van der Waals surface area contributed by atoms with E-state index >= 15 is 0 Å². The van der Waals surface area contributed by atoms with Crippen LogP contribution in [0.5, 0.6) is 0 Å². The summed E-state index contributed by atoms with van der Waals surface area (Å²) in [6, 6.07) is 0.743. The number of likely N-dealkylation sites (tertiary alicyclic amines) is 3. The first kappa shape index (κ1) is 25.5. The Kier molecular flexibility index (Phi) is 10.2. The lowest BCUT2D eigenvalue weighted by Gasteiger charge is -2.45. The highest BCUT2D eigenvalue weighted by molar-refractivity contribution is 4.88. The summed E-state index contributed by atoms with van der Waals surface area (Å²) in [7, 11) is 2.28. The molecule has 0 saturated carbocycles. The predicted molar refractivity (Wildman–Crippen MR) is 136 cm³/mol. The van der Waals surface area contributed by atoms with E-state index in [-0.39, 0.29) is 0 Å². The van der Waals surface area contributed by atoms with Crippen molar-refractivity contribution < 1.29 is 0 Å². The Bertz CT molecular complexity index is 477. The number of piperidine rings is 3. The van der Waals surface area contributed by atoms with Crippen LogP contribution in [0.4, 0.5) is 0 Å². The lowest BCUT2D eigenvalue weighted by Crippen LogP contribution is -2.49. The topological polar surface area (TPSA) is 9.72 Å². The first-order valence-electron chi connectivity index (χ1n) is 14.0. The Morgan fingerprint density at radius 2 is 1.32 bits per heavy atom. The van der Waals surface area contributed by atoms with Gasteiger partial charge in [-0.05, 0) is 114 Å². The van der Waals surface area contributed by atoms with Crippen LogP contribution in [0.2, 0.25) is 0 Å². The average molecular weight is 434 g/mol. The summed E-state index contributed by atoms with van der Waals surface area (Å²) in [5, 5.41) is 0. The van der Waals surface area contributed by atoms with Crippen molar-refractivity contribution in [2.45, 2.75) is 104 Å². The molecule has 3 fully saturated rings. The van der Waals surface area contributed by atoms with E-state index in [2.05, 4.69) is 49.4 Å². The molecule has 3 saturated heterocycles. The summed E-state index contributed by atoms with van der Waals surface area (Å²) in [6.45, 7) is 19.3. The van der Waals surface area contributed by atoms with E-state index in [1.807, 2.05) is 0 Å². The van der Waals surface area contributed by atoms with Crippen molar-refractivity contribution in [3.8, 4) is 0 Å². The van der Waals surface area contributed by atoms with Crippen molar-refractivity contribution in [1.82, 2.24) is 14.7 Å². The fourth-order valence-corrected chi connectivity index (χ4v) is 6.69. The maximum atomic E-state index is 2.89. The second kappa shape index (κ2) is 12.4. The van der Waals surface area contributed by atoms with Gasteiger partial charge in [-0.2, -0.15) is 0 Å². The molecule has 3 heteroatoms. The van der Waals surface area contributed by atoms with Gasteiger partial charge in [0.25, 0.3) is 0 Å². The van der Waals surface area contributed by atoms with Crippen LogP contribution in [0.3, 0.4) is 0 Å². The van der Waals surface area contributed by atoms with E-state index < -0.39 is 0 Å². The summed E-state index contributed by atoms with van der Waals surface area (Å²) in [5.41, 5.74) is 0.386. The molecule has 182 valence electrons. The van der Waals surface area contributed by atoms with Crippen molar-refractivity contribution in [3.63, 3.8) is 0 Å². The molecule has 31 heavy (non-hydrogen) atoms. The molecule has 0 aromatic carbocycles. The van der Waals surface area contributed by atoms with Crippen molar-refractivity contribution in [3.05, 3.63) is 0 Å². The molecule has 2 unspecified atom stereocenters. The number of hydrogen-bond donors (Lipinski definition) is 0. The van der Waals surface area contributed by atoms with Crippen molar-refractivity contribution >= 4 is 0 Å². The van der Waals surface area contributed by atoms with Gasteiger partial charge in [0, 0.05) is 12.6 Å². The van der Waals surface area contributed by atoms with Gasteiger partial charge < -0.3 is 9.80 Å². The highest BCUT2D eigenvalue weighted by Gasteiger charge is 2.34. The van der Waals surface area contributed by atoms with Gasteiger partial charge >= 0.3 is 0 Å². The zero-order chi connectivity index (χ0) is 22.3. The zero-order valence-corrected chi connectivity index (χ0v) is 21.9. The van der Waals surface area contributed by atoms with Crippen molar-refractivity contribution in [1.29, 1.82) is 0 Å². The maximum Gasteiger partial charge on any atom is 0.0147 e. The SMILES string of the molecule is CC(CC(N1CCC(CCCC2CCN(C)CC2)CC1)C(C)(C)C)CN1CCCCC1. The van der Waals surface area contributed by atoms with E-state index in [1.165, 1.54) is 116 Å². The van der Waals surface area contributed by atoms with E-state index in [9.17, 15) is 0 Å². The molecule has 3 rings (SSSR count). The van der Waals surface area contributed by atoms with Crippen LogP contribution in [0.25, 0.3) is 0 Å². The zero-order valence-electron chi connectivity index (χ0n) is 21.9. The van der Waals surface area contributed by atoms with Crippen molar-refractivity contribution in [2.75, 3.05) is 52.9 Å². The van der Waals surface area contributed by atoms with Gasteiger partial charge in [0.2, 0.25) is 0 Å². The average Bonchev–Trinajstić information content (AvgIpc) is 2.74. The molecular formula is C28H55N3. The molecular weight excluding hydrogens is 378 g/mol. The van der Waals surface area contributed by atoms with Crippen LogP contribution in [0.15, 0.2) is 0 Å². The summed E-state index contributed by atoms with van der Waals surface area (Å²) in [4.78, 5) is 8.13. The smallest absolute Gasteiger partial charge is 0.0147 e. The first-order valence-corrected chi connectivity index (χ1v) is 14.0. The molecule has 0 radical (unpaired) electrons. The molecule has 3 heterocycles. The summed E-state index contributed by atoms with van der Waals surface area (Å²) in [6.07, 6.45) is 15.9. The summed E-state index contributed by atoms with van der Waals surface area (Å²) >= 11 is 0. The van der Waals surface area contributed by atoms with Gasteiger partial charge in [0.1, 0.15) is 0 Å². The number of rotatable bonds is 9. The third kappa shape index (κ3) is 8.63. The van der Waals surface area contributed by atoms with Crippen LogP contribution in [-0.2, 0) is 0 Å². The molecule has 0 bridgehead atoms. The monoisotopic (exact) mass is 433 g/mol. The number of hydrogen-bond acceptors (Lipinski definition) is 3. The van der Waals surface area contributed by atoms with Gasteiger partial charge in [-0.1, -0.05) is 53.4 Å². The fourth-order valence-electron chi connectivity index (χ4n) is 6.69. The van der Waals surface area contributed by atoms with E-state index in [1.54, 1.807) is 0 Å². The first-order chi connectivity index (χ1) is 14.8. The minimum absolute atomic E-state index is 0.386. The van der Waals surface area contributed by atoms with E-state index in [0.717, 1.165) is 23.8 Å². The molecule has 0 aromatic rings. The lowest BCUT2D eigenvalue weighted by atomic mass is 9.78. The Morgan fingerprint density at radius 3 is 1.87 bits per heavy atom. The molecule has 0 N–H and O–H groups in total. The maximum absolute atomic E-state index is 2.89. The van der Waals surface area contributed by atoms with Gasteiger partial charge in [-0.15, -0.1) is 0 Å². The quantitative estimate of drug-likeness (QED) is 0.432. The lowest BCUT2D eigenvalue weighted by molar-refractivity contribution is 0.0417. The second-order valence-corrected chi connectivity index (χ2v) is 12.7. The second-order valence-electron chi connectivity index (χ2n) is 12.7. The van der Waals surface area contributed by atoms with Crippen LogP contribution < -0.4 is 0 Å². The largest absolute Gasteiger partial charge is 0.306 e. The Hall–Kier alpha value is -0.120. The third-order valence-corrected chi connectivity index (χ3v) is 8.80. The third-order valence-electron chi connectivity index (χ3n) is 8.80. The predicted octanol–water partition coefficient (Wildman–Crippen LogP) is 6.14. The van der Waals surface area contributed by atoms with Crippen LogP contribution in [0.1, 0.15) is 98.3 Å². The van der Waals surface area contributed by atoms with Gasteiger partial charge in [-0.25, -0.2) is 0 Å². The van der Waals surface area contributed by atoms with Crippen LogP contribution >= 0.6 is 0 Å². The normalized spacial score (nSPS) is 26.2. The summed E-state index contributed by atoms with van der Waals surface area (Å²) in [5.74, 6) is 2.83. The van der Waals surface area contributed by atoms with Gasteiger partial charge in [0.05, 0.1) is 0 Å². The standard InChI is InChI=1S/C28H55N3/c1-24(23-30-16-7-6-8-17-30)22-27(28(2,3)4)31-20-14-26(15-21-31)11-9-10-25-12-18-29(5)19-13-25/h24-27H,6-23H2,1-5H3. The van der Waals surface area contributed by atoms with Crippen LogP contribution in [0, 0.1) is 23.2 Å². The minimum atomic E-state index is 0.386. The highest BCUT2D eigenvalue weighted by atomic mass is 15.2. The molecule has 3 nitrogen and oxygen atoms in total. The molecule has 0 aromatic heterocycles. The Labute approximate surface area is 195 Å². The molecule has 3 aliphatic heterocycles.